The summed E-state index contributed by atoms with van der Waals surface area (Å²) in [7, 11) is 3.53. The van der Waals surface area contributed by atoms with Crippen LogP contribution in [0.2, 0.25) is 0 Å². The summed E-state index contributed by atoms with van der Waals surface area (Å²) in [5.41, 5.74) is 0. The molecule has 14 heavy (non-hydrogen) atoms. The number of aliphatic imine (C=N–C) groups is 1. The molecule has 1 heterocycles. The van der Waals surface area contributed by atoms with Gasteiger partial charge in [-0.1, -0.05) is 0 Å². The van der Waals surface area contributed by atoms with Gasteiger partial charge >= 0.3 is 0 Å². The fourth-order valence-corrected chi connectivity index (χ4v) is 1.51. The number of nitrogens with zero attached hydrogens (tertiary/aromatic N) is 2. The summed E-state index contributed by atoms with van der Waals surface area (Å²) in [4.78, 5) is 17.5. The van der Waals surface area contributed by atoms with Crippen molar-refractivity contribution in [1.82, 2.24) is 10.2 Å². The van der Waals surface area contributed by atoms with Gasteiger partial charge in [0.2, 0.25) is 5.91 Å². The lowest BCUT2D eigenvalue weighted by Crippen LogP contribution is -2.44. The van der Waals surface area contributed by atoms with Gasteiger partial charge in [-0.15, -0.1) is 0 Å². The Hall–Kier alpha value is -1.06. The molecule has 1 unspecified atom stereocenters. The van der Waals surface area contributed by atoms with Gasteiger partial charge in [0, 0.05) is 27.1 Å². The minimum atomic E-state index is -0.165. The standard InChI is InChI=1S/C10H19N3O/c1-8(10(14)13(2)3)12-9-6-4-5-7-11-9/h8H,4-7H2,1-3H3,(H,11,12). The van der Waals surface area contributed by atoms with E-state index < -0.39 is 0 Å². The molecule has 0 aliphatic carbocycles. The summed E-state index contributed by atoms with van der Waals surface area (Å²) in [6, 6.07) is -0.165. The lowest BCUT2D eigenvalue weighted by Gasteiger charge is -2.21. The highest BCUT2D eigenvalue weighted by Gasteiger charge is 2.16. The minimum absolute atomic E-state index is 0.0956. The minimum Gasteiger partial charge on any atom is -0.362 e. The Morgan fingerprint density at radius 2 is 2.21 bits per heavy atom. The number of amidine groups is 1. The number of hydrogen-bond acceptors (Lipinski definition) is 3. The van der Waals surface area contributed by atoms with E-state index in [2.05, 4.69) is 10.3 Å². The van der Waals surface area contributed by atoms with Gasteiger partial charge in [0.15, 0.2) is 0 Å². The Kier molecular flexibility index (Phi) is 3.92. The van der Waals surface area contributed by atoms with E-state index in [4.69, 9.17) is 0 Å². The van der Waals surface area contributed by atoms with Gasteiger partial charge in [-0.05, 0) is 19.8 Å². The molecule has 0 aromatic rings. The lowest BCUT2D eigenvalue weighted by atomic mass is 10.1. The molecule has 1 aliphatic heterocycles. The van der Waals surface area contributed by atoms with Crippen molar-refractivity contribution < 1.29 is 4.79 Å². The molecule has 0 fully saturated rings. The number of hydrogen-bond donors (Lipinski definition) is 1. The number of carbonyl (C=O) groups is 1. The Morgan fingerprint density at radius 1 is 1.50 bits per heavy atom. The molecule has 1 atom stereocenters. The van der Waals surface area contributed by atoms with E-state index in [0.29, 0.717) is 0 Å². The number of nitrogens with one attached hydrogen (secondary N) is 1. The summed E-state index contributed by atoms with van der Waals surface area (Å²) in [5.74, 6) is 1.08. The highest BCUT2D eigenvalue weighted by molar-refractivity contribution is 5.89. The van der Waals surface area contributed by atoms with Crippen LogP contribution in [0.1, 0.15) is 26.2 Å². The first-order valence-corrected chi connectivity index (χ1v) is 5.12. The number of amides is 1. The smallest absolute Gasteiger partial charge is 0.244 e. The van der Waals surface area contributed by atoms with Crippen LogP contribution >= 0.6 is 0 Å². The Balaban J connectivity index is 2.43. The van der Waals surface area contributed by atoms with Crippen LogP contribution in [0.5, 0.6) is 0 Å². The van der Waals surface area contributed by atoms with Crippen molar-refractivity contribution in [3.05, 3.63) is 0 Å². The van der Waals surface area contributed by atoms with E-state index in [1.807, 2.05) is 6.92 Å². The van der Waals surface area contributed by atoms with Gasteiger partial charge in [-0.3, -0.25) is 9.79 Å². The number of likely N-dealkylation sites (N-methyl/N-ethyl adjacent to an activating group) is 1. The first kappa shape index (κ1) is 11.0. The summed E-state index contributed by atoms with van der Waals surface area (Å²) >= 11 is 0. The molecular formula is C10H19N3O. The van der Waals surface area contributed by atoms with Gasteiger partial charge in [0.1, 0.15) is 6.04 Å². The molecule has 4 heteroatoms. The summed E-state index contributed by atoms with van der Waals surface area (Å²) in [5, 5.41) is 3.16. The highest BCUT2D eigenvalue weighted by atomic mass is 16.2. The molecule has 0 aromatic carbocycles. The maximum atomic E-state index is 11.5. The van der Waals surface area contributed by atoms with Crippen molar-refractivity contribution in [3.8, 4) is 0 Å². The third-order valence-corrected chi connectivity index (χ3v) is 2.32. The zero-order valence-electron chi connectivity index (χ0n) is 9.21. The highest BCUT2D eigenvalue weighted by Crippen LogP contribution is 2.04. The topological polar surface area (TPSA) is 44.7 Å². The molecule has 0 spiro atoms. The molecule has 0 saturated heterocycles. The molecule has 1 rings (SSSR count). The monoisotopic (exact) mass is 197 g/mol. The van der Waals surface area contributed by atoms with E-state index in [9.17, 15) is 4.79 Å². The second-order valence-corrected chi connectivity index (χ2v) is 3.88. The second-order valence-electron chi connectivity index (χ2n) is 3.88. The van der Waals surface area contributed by atoms with Crippen molar-refractivity contribution >= 4 is 11.7 Å². The zero-order chi connectivity index (χ0) is 10.6. The Labute approximate surface area is 85.4 Å². The van der Waals surface area contributed by atoms with Crippen LogP contribution in [0.15, 0.2) is 4.99 Å². The largest absolute Gasteiger partial charge is 0.362 e. The fraction of sp³-hybridized carbons (Fsp3) is 0.800. The average molecular weight is 197 g/mol. The average Bonchev–Trinajstić information content (AvgIpc) is 2.18. The van der Waals surface area contributed by atoms with Gasteiger partial charge < -0.3 is 10.2 Å². The molecule has 4 nitrogen and oxygen atoms in total. The maximum absolute atomic E-state index is 11.5. The molecule has 0 saturated carbocycles. The molecule has 0 radical (unpaired) electrons. The first-order chi connectivity index (χ1) is 6.61. The molecule has 80 valence electrons. The van der Waals surface area contributed by atoms with Crippen LogP contribution in [0.4, 0.5) is 0 Å². The van der Waals surface area contributed by atoms with Gasteiger partial charge in [0.05, 0.1) is 5.84 Å². The van der Waals surface area contributed by atoms with Crippen molar-refractivity contribution in [2.75, 3.05) is 20.6 Å². The second kappa shape index (κ2) is 4.98. The molecule has 1 amide bonds. The molecule has 1 aliphatic rings. The third kappa shape index (κ3) is 3.01. The zero-order valence-corrected chi connectivity index (χ0v) is 9.21. The van der Waals surface area contributed by atoms with E-state index in [1.165, 1.54) is 12.8 Å². The molecular weight excluding hydrogens is 178 g/mol. The van der Waals surface area contributed by atoms with Crippen LogP contribution in [0.3, 0.4) is 0 Å². The van der Waals surface area contributed by atoms with E-state index in [-0.39, 0.29) is 11.9 Å². The predicted molar refractivity (Wildman–Crippen MR) is 57.4 cm³/mol. The molecule has 1 N–H and O–H groups in total. The lowest BCUT2D eigenvalue weighted by molar-refractivity contribution is -0.130. The SMILES string of the molecule is CC(NC1=NCCCC1)C(=O)N(C)C. The number of rotatable bonds is 2. The quantitative estimate of drug-likeness (QED) is 0.706. The van der Waals surface area contributed by atoms with E-state index in [0.717, 1.165) is 18.8 Å². The molecule has 0 bridgehead atoms. The van der Waals surface area contributed by atoms with Crippen LogP contribution < -0.4 is 5.32 Å². The van der Waals surface area contributed by atoms with Crippen LogP contribution in [-0.4, -0.2) is 43.3 Å². The van der Waals surface area contributed by atoms with E-state index in [1.54, 1.807) is 19.0 Å². The summed E-state index contributed by atoms with van der Waals surface area (Å²) < 4.78 is 0. The maximum Gasteiger partial charge on any atom is 0.244 e. The predicted octanol–water partition coefficient (Wildman–Crippen LogP) is 0.635. The van der Waals surface area contributed by atoms with Gasteiger partial charge in [-0.2, -0.15) is 0 Å². The van der Waals surface area contributed by atoms with Gasteiger partial charge in [0.25, 0.3) is 0 Å². The molecule has 0 aromatic heterocycles. The Bertz CT molecular complexity index is 236. The van der Waals surface area contributed by atoms with Gasteiger partial charge in [-0.25, -0.2) is 0 Å². The Morgan fingerprint density at radius 3 is 2.71 bits per heavy atom. The first-order valence-electron chi connectivity index (χ1n) is 5.12. The fourth-order valence-electron chi connectivity index (χ4n) is 1.51. The van der Waals surface area contributed by atoms with Crippen LogP contribution in [0.25, 0.3) is 0 Å². The summed E-state index contributed by atoms with van der Waals surface area (Å²) in [6.45, 7) is 2.77. The normalized spacial score (nSPS) is 18.4. The number of carbonyl (C=O) groups excluding carboxylic acids is 1. The third-order valence-electron chi connectivity index (χ3n) is 2.32. The van der Waals surface area contributed by atoms with Crippen molar-refractivity contribution in [2.24, 2.45) is 4.99 Å². The van der Waals surface area contributed by atoms with Crippen molar-refractivity contribution in [1.29, 1.82) is 0 Å². The summed E-state index contributed by atoms with van der Waals surface area (Å²) in [6.07, 6.45) is 3.32. The van der Waals surface area contributed by atoms with Crippen LogP contribution in [0, 0.1) is 0 Å². The van der Waals surface area contributed by atoms with Crippen molar-refractivity contribution in [2.45, 2.75) is 32.2 Å². The van der Waals surface area contributed by atoms with Crippen LogP contribution in [-0.2, 0) is 4.79 Å². The van der Waals surface area contributed by atoms with E-state index >= 15 is 0 Å². The van der Waals surface area contributed by atoms with Crippen molar-refractivity contribution in [3.63, 3.8) is 0 Å².